The maximum atomic E-state index is 13.1. The lowest BCUT2D eigenvalue weighted by Gasteiger charge is -2.53. The van der Waals surface area contributed by atoms with Crippen LogP contribution in [0, 0.1) is 17.7 Å². The number of rotatable bonds is 6. The Morgan fingerprint density at radius 2 is 1.78 bits per heavy atom. The van der Waals surface area contributed by atoms with Crippen molar-refractivity contribution in [1.29, 1.82) is 0 Å². The van der Waals surface area contributed by atoms with Crippen LogP contribution in [0.25, 0.3) is 0 Å². The van der Waals surface area contributed by atoms with E-state index >= 15 is 0 Å². The maximum absolute atomic E-state index is 13.1. The van der Waals surface area contributed by atoms with E-state index in [1.807, 2.05) is 30.5 Å². The summed E-state index contributed by atoms with van der Waals surface area (Å²) in [5, 5.41) is 11.7. The number of aromatic nitrogens is 1. The molecule has 2 heterocycles. The summed E-state index contributed by atoms with van der Waals surface area (Å²) in [6, 6.07) is 18.5. The van der Waals surface area contributed by atoms with Crippen LogP contribution < -0.4 is 4.74 Å². The monoisotopic (exact) mass is 432 g/mol. The highest BCUT2D eigenvalue weighted by molar-refractivity contribution is 5.30. The second-order valence-electron chi connectivity index (χ2n) is 9.15. The summed E-state index contributed by atoms with van der Waals surface area (Å²) in [5.74, 6) is 1.02. The lowest BCUT2D eigenvalue weighted by atomic mass is 9.63. The van der Waals surface area contributed by atoms with E-state index in [0.717, 1.165) is 49.4 Å². The summed E-state index contributed by atoms with van der Waals surface area (Å²) in [6.45, 7) is 3.00. The number of hydrogen-bond donors (Lipinski definition) is 1. The molecule has 2 fully saturated rings. The molecule has 166 valence electrons. The molecular weight excluding hydrogens is 403 g/mol. The quantitative estimate of drug-likeness (QED) is 0.601. The number of nitrogens with zero attached hydrogens (tertiary/aromatic N) is 2. The second-order valence-corrected chi connectivity index (χ2v) is 9.15. The van der Waals surface area contributed by atoms with Crippen molar-refractivity contribution in [3.63, 3.8) is 0 Å². The van der Waals surface area contributed by atoms with Crippen LogP contribution >= 0.6 is 0 Å². The van der Waals surface area contributed by atoms with Crippen LogP contribution in [0.15, 0.2) is 73.1 Å². The zero-order valence-corrected chi connectivity index (χ0v) is 18.2. The molecule has 32 heavy (non-hydrogen) atoms. The summed E-state index contributed by atoms with van der Waals surface area (Å²) in [6.07, 6.45) is 6.86. The molecule has 1 aliphatic heterocycles. The van der Waals surface area contributed by atoms with Gasteiger partial charge in [0.15, 0.2) is 0 Å². The van der Waals surface area contributed by atoms with Crippen molar-refractivity contribution in [2.24, 2.45) is 11.8 Å². The Balaban J connectivity index is 1.25. The van der Waals surface area contributed by atoms with Crippen LogP contribution in [0.2, 0.25) is 0 Å². The zero-order valence-electron chi connectivity index (χ0n) is 18.2. The van der Waals surface area contributed by atoms with Gasteiger partial charge in [-0.15, -0.1) is 0 Å². The van der Waals surface area contributed by atoms with Gasteiger partial charge >= 0.3 is 0 Å². The number of hydrogen-bond acceptors (Lipinski definition) is 4. The van der Waals surface area contributed by atoms with E-state index in [0.29, 0.717) is 6.61 Å². The molecule has 1 aliphatic carbocycles. The molecule has 0 spiro atoms. The van der Waals surface area contributed by atoms with Crippen LogP contribution in [0.3, 0.4) is 0 Å². The van der Waals surface area contributed by atoms with Crippen molar-refractivity contribution in [3.8, 4) is 5.75 Å². The normalized spacial score (nSPS) is 25.4. The first-order chi connectivity index (χ1) is 15.6. The van der Waals surface area contributed by atoms with Crippen LogP contribution in [-0.2, 0) is 18.8 Å². The first-order valence-corrected chi connectivity index (χ1v) is 11.4. The van der Waals surface area contributed by atoms with Gasteiger partial charge in [-0.1, -0.05) is 36.8 Å². The third-order valence-electron chi connectivity index (χ3n) is 7.05. The Bertz CT molecular complexity index is 1030. The molecule has 2 atom stereocenters. The van der Waals surface area contributed by atoms with Crippen LogP contribution in [-0.4, -0.2) is 28.1 Å². The van der Waals surface area contributed by atoms with Crippen molar-refractivity contribution < 1.29 is 14.2 Å². The summed E-state index contributed by atoms with van der Waals surface area (Å²) >= 11 is 0. The van der Waals surface area contributed by atoms with Gasteiger partial charge in [0.05, 0.1) is 5.60 Å². The number of piperidine rings is 1. The van der Waals surface area contributed by atoms with Gasteiger partial charge in [-0.25, -0.2) is 4.39 Å². The Morgan fingerprint density at radius 3 is 2.50 bits per heavy atom. The minimum Gasteiger partial charge on any atom is -0.489 e. The first kappa shape index (κ1) is 21.1. The Morgan fingerprint density at radius 1 is 1.00 bits per heavy atom. The molecule has 2 aliphatic rings. The molecule has 1 N–H and O–H groups in total. The smallest absolute Gasteiger partial charge is 0.123 e. The van der Waals surface area contributed by atoms with Gasteiger partial charge in [0, 0.05) is 49.4 Å². The first-order valence-electron chi connectivity index (χ1n) is 11.4. The SMILES string of the molecule is OC1(c2cccnc2)[C@@H]2CCC[C@@H]1CN(Cc1cccc(OCc3ccc(F)cc3)c1)C2. The fourth-order valence-corrected chi connectivity index (χ4v) is 5.48. The van der Waals surface area contributed by atoms with Gasteiger partial charge in [0.2, 0.25) is 0 Å². The minimum absolute atomic E-state index is 0.220. The highest BCUT2D eigenvalue weighted by atomic mass is 19.1. The molecule has 1 saturated carbocycles. The molecule has 2 aromatic carbocycles. The van der Waals surface area contributed by atoms with E-state index in [1.165, 1.54) is 24.1 Å². The number of halogens is 1. The zero-order chi connectivity index (χ0) is 22.0. The summed E-state index contributed by atoms with van der Waals surface area (Å²) in [7, 11) is 0. The molecule has 3 aromatic rings. The van der Waals surface area contributed by atoms with Crippen molar-refractivity contribution in [2.45, 2.75) is 38.0 Å². The van der Waals surface area contributed by atoms with Crippen LogP contribution in [0.5, 0.6) is 5.75 Å². The number of aliphatic hydroxyl groups is 1. The molecule has 5 heteroatoms. The molecule has 2 bridgehead atoms. The molecule has 0 radical (unpaired) electrons. The van der Waals surface area contributed by atoms with Crippen molar-refractivity contribution in [2.75, 3.05) is 13.1 Å². The van der Waals surface area contributed by atoms with E-state index in [-0.39, 0.29) is 17.7 Å². The van der Waals surface area contributed by atoms with E-state index in [1.54, 1.807) is 18.3 Å². The molecular formula is C27H29FN2O2. The molecule has 1 aromatic heterocycles. The second kappa shape index (κ2) is 9.00. The number of likely N-dealkylation sites (tertiary alicyclic amines) is 1. The van der Waals surface area contributed by atoms with Crippen molar-refractivity contribution >= 4 is 0 Å². The largest absolute Gasteiger partial charge is 0.489 e. The van der Waals surface area contributed by atoms with Crippen LogP contribution in [0.1, 0.15) is 36.0 Å². The highest BCUT2D eigenvalue weighted by Crippen LogP contribution is 2.49. The van der Waals surface area contributed by atoms with Gasteiger partial charge in [-0.05, 0) is 54.3 Å². The average molecular weight is 433 g/mol. The molecule has 0 unspecified atom stereocenters. The number of ether oxygens (including phenoxy) is 1. The predicted octanol–water partition coefficient (Wildman–Crippen LogP) is 4.92. The van der Waals surface area contributed by atoms with Crippen LogP contribution in [0.4, 0.5) is 4.39 Å². The third kappa shape index (κ3) is 4.27. The van der Waals surface area contributed by atoms with Gasteiger partial charge in [0.1, 0.15) is 18.2 Å². The third-order valence-corrected chi connectivity index (χ3v) is 7.05. The molecule has 4 nitrogen and oxygen atoms in total. The fraction of sp³-hybridized carbons (Fsp3) is 0.370. The molecule has 5 rings (SSSR count). The Kier molecular flexibility index (Phi) is 5.94. The molecule has 0 amide bonds. The molecule has 1 saturated heterocycles. The van der Waals surface area contributed by atoms with E-state index in [2.05, 4.69) is 22.0 Å². The van der Waals surface area contributed by atoms with E-state index in [9.17, 15) is 9.50 Å². The Hall–Kier alpha value is -2.76. The predicted molar refractivity (Wildman–Crippen MR) is 121 cm³/mol. The number of pyridine rings is 1. The average Bonchev–Trinajstić information content (AvgIpc) is 2.80. The topological polar surface area (TPSA) is 45.6 Å². The van der Waals surface area contributed by atoms with Gasteiger partial charge in [-0.3, -0.25) is 9.88 Å². The standard InChI is InChI=1S/C27H29FN2O2/c28-25-11-9-20(10-12-25)19-32-26-8-1-4-21(14-26)16-30-17-23-5-2-6-24(18-30)27(23,31)22-7-3-13-29-15-22/h1,3-4,7-15,23-24,31H,2,5-6,16-19H2/t23-,24-/m1/s1. The van der Waals surface area contributed by atoms with E-state index < -0.39 is 5.60 Å². The highest BCUT2D eigenvalue weighted by Gasteiger charge is 2.51. The lowest BCUT2D eigenvalue weighted by molar-refractivity contribution is -0.148. The summed E-state index contributed by atoms with van der Waals surface area (Å²) < 4.78 is 19.0. The van der Waals surface area contributed by atoms with Gasteiger partial charge in [-0.2, -0.15) is 0 Å². The summed E-state index contributed by atoms with van der Waals surface area (Å²) in [5.41, 5.74) is 2.33. The van der Waals surface area contributed by atoms with Gasteiger partial charge in [0.25, 0.3) is 0 Å². The lowest BCUT2D eigenvalue weighted by Crippen LogP contribution is -2.57. The summed E-state index contributed by atoms with van der Waals surface area (Å²) in [4.78, 5) is 6.74. The number of benzene rings is 2. The van der Waals surface area contributed by atoms with Crippen molar-refractivity contribution in [3.05, 3.63) is 95.6 Å². The van der Waals surface area contributed by atoms with E-state index in [4.69, 9.17) is 4.74 Å². The maximum Gasteiger partial charge on any atom is 0.123 e. The Labute approximate surface area is 188 Å². The van der Waals surface area contributed by atoms with Crippen molar-refractivity contribution in [1.82, 2.24) is 9.88 Å². The number of fused-ring (bicyclic) bond motifs is 2. The van der Waals surface area contributed by atoms with Gasteiger partial charge < -0.3 is 9.84 Å². The minimum atomic E-state index is -0.775. The fourth-order valence-electron chi connectivity index (χ4n) is 5.48.